The third kappa shape index (κ3) is 5.29. The van der Waals surface area contributed by atoms with Crippen LogP contribution >= 0.6 is 0 Å². The molecule has 38 heavy (non-hydrogen) atoms. The highest BCUT2D eigenvalue weighted by Gasteiger charge is 2.70. The van der Waals surface area contributed by atoms with Crippen molar-refractivity contribution >= 4 is 16.6 Å². The summed E-state index contributed by atoms with van der Waals surface area (Å²) in [7, 11) is -3.85. The van der Waals surface area contributed by atoms with Crippen LogP contribution in [-0.4, -0.2) is 40.5 Å². The lowest BCUT2D eigenvalue weighted by Crippen LogP contribution is -2.49. The maximum atomic E-state index is 7.04. The van der Waals surface area contributed by atoms with Gasteiger partial charge in [0, 0.05) is 11.8 Å². The molecule has 5 heteroatoms. The van der Waals surface area contributed by atoms with Crippen LogP contribution in [0.5, 0.6) is 0 Å². The molecule has 0 radical (unpaired) electrons. The fraction of sp³-hybridized carbons (Fsp3) is 0.818. The average molecular weight is 559 g/mol. The molecule has 216 valence electrons. The number of ether oxygens (including phenoxy) is 1. The van der Waals surface area contributed by atoms with E-state index in [1.54, 1.807) is 5.57 Å². The van der Waals surface area contributed by atoms with E-state index in [1.807, 2.05) is 0 Å². The Labute approximate surface area is 237 Å². The van der Waals surface area contributed by atoms with Crippen molar-refractivity contribution in [1.82, 2.24) is 0 Å². The molecular formula is C33H58O3Si2. The monoisotopic (exact) mass is 558 g/mol. The van der Waals surface area contributed by atoms with E-state index in [9.17, 15) is 0 Å². The first-order chi connectivity index (χ1) is 17.2. The van der Waals surface area contributed by atoms with Crippen LogP contribution in [0.3, 0.4) is 0 Å². The van der Waals surface area contributed by atoms with Crippen molar-refractivity contribution in [2.24, 2.45) is 11.3 Å². The molecule has 6 atom stereocenters. The van der Waals surface area contributed by atoms with Gasteiger partial charge in [-0.3, -0.25) is 0 Å². The summed E-state index contributed by atoms with van der Waals surface area (Å²) in [4.78, 5) is 0. The zero-order valence-electron chi connectivity index (χ0n) is 26.8. The molecule has 3 nitrogen and oxygen atoms in total. The highest BCUT2D eigenvalue weighted by molar-refractivity contribution is 6.74. The van der Waals surface area contributed by atoms with Gasteiger partial charge in [0.2, 0.25) is 0 Å². The van der Waals surface area contributed by atoms with E-state index in [0.717, 1.165) is 12.8 Å². The molecule has 0 aromatic heterocycles. The molecule has 3 saturated carbocycles. The molecule has 0 aromatic rings. The lowest BCUT2D eigenvalue weighted by atomic mass is 9.62. The fourth-order valence-electron chi connectivity index (χ4n) is 7.18. The van der Waals surface area contributed by atoms with Crippen LogP contribution in [-0.2, 0) is 13.6 Å². The molecule has 3 aliphatic carbocycles. The van der Waals surface area contributed by atoms with Crippen LogP contribution in [0.25, 0.3) is 0 Å². The van der Waals surface area contributed by atoms with Crippen molar-refractivity contribution < 1.29 is 13.6 Å². The standard InChI is InChI=1S/C33H58O3Si2/c1-23-26(17-16-25-15-14-19-32(9)28(25)18-20-33(32)24(2)34-33)21-27(35-37(10,11)30(3,4)5)22-29(23)36-38(12,13)31(6,7)8/h16-17,24,27-29H,1,14-15,18-22H2,2-13H3/b25-16+,26-17-/t24-,27?,28?,29?,32-,33-/m0/s1. The Morgan fingerprint density at radius 2 is 1.53 bits per heavy atom. The van der Waals surface area contributed by atoms with E-state index in [4.69, 9.17) is 13.6 Å². The van der Waals surface area contributed by atoms with E-state index >= 15 is 0 Å². The fourth-order valence-corrected chi connectivity index (χ4v) is 9.85. The number of allylic oxidation sites excluding steroid dienone is 3. The Balaban J connectivity index is 1.62. The van der Waals surface area contributed by atoms with E-state index in [1.165, 1.54) is 43.3 Å². The maximum Gasteiger partial charge on any atom is 0.192 e. The van der Waals surface area contributed by atoms with Gasteiger partial charge in [-0.1, -0.05) is 72.8 Å². The normalized spacial score (nSPS) is 38.8. The van der Waals surface area contributed by atoms with Crippen LogP contribution < -0.4 is 0 Å². The second kappa shape index (κ2) is 9.82. The largest absolute Gasteiger partial charge is 0.413 e. The van der Waals surface area contributed by atoms with Crippen LogP contribution in [0.1, 0.15) is 100 Å². The van der Waals surface area contributed by atoms with Crippen molar-refractivity contribution in [2.75, 3.05) is 0 Å². The van der Waals surface area contributed by atoms with E-state index in [0.29, 0.717) is 17.4 Å². The molecule has 0 aromatic carbocycles. The maximum absolute atomic E-state index is 7.04. The summed E-state index contributed by atoms with van der Waals surface area (Å²) < 4.78 is 20.4. The molecule has 1 heterocycles. The van der Waals surface area contributed by atoms with Crippen LogP contribution in [0.2, 0.25) is 36.3 Å². The molecule has 4 aliphatic rings. The minimum Gasteiger partial charge on any atom is -0.413 e. The minimum atomic E-state index is -1.95. The Hall–Kier alpha value is -0.466. The van der Waals surface area contributed by atoms with Crippen molar-refractivity contribution in [2.45, 2.75) is 161 Å². The van der Waals surface area contributed by atoms with Crippen molar-refractivity contribution in [3.05, 3.63) is 35.5 Å². The predicted molar refractivity (Wildman–Crippen MR) is 167 cm³/mol. The van der Waals surface area contributed by atoms with E-state index in [2.05, 4.69) is 100 Å². The second-order valence-electron chi connectivity index (χ2n) is 16.3. The van der Waals surface area contributed by atoms with Crippen LogP contribution in [0.4, 0.5) is 0 Å². The summed E-state index contributed by atoms with van der Waals surface area (Å²) in [5.74, 6) is 0.647. The molecule has 4 fully saturated rings. The SMILES string of the molecule is C=C1/C(=C\C=C2/CCC[C@@]3(C)C2CC[C@@]32O[C@H]2C)CC(O[Si](C)(C)C(C)(C)C)CC1O[Si](C)(C)C(C)(C)C. The highest BCUT2D eigenvalue weighted by atomic mass is 28.4. The van der Waals surface area contributed by atoms with Crippen molar-refractivity contribution in [3.63, 3.8) is 0 Å². The Morgan fingerprint density at radius 3 is 2.08 bits per heavy atom. The summed E-state index contributed by atoms with van der Waals surface area (Å²) >= 11 is 0. The number of hydrogen-bond donors (Lipinski definition) is 0. The summed E-state index contributed by atoms with van der Waals surface area (Å²) in [6, 6.07) is 0. The van der Waals surface area contributed by atoms with Gasteiger partial charge in [0.25, 0.3) is 0 Å². The molecular weight excluding hydrogens is 501 g/mol. The van der Waals surface area contributed by atoms with Gasteiger partial charge in [0.15, 0.2) is 16.6 Å². The summed E-state index contributed by atoms with van der Waals surface area (Å²) in [5, 5.41) is 0.357. The van der Waals surface area contributed by atoms with Gasteiger partial charge < -0.3 is 13.6 Å². The van der Waals surface area contributed by atoms with E-state index in [-0.39, 0.29) is 27.9 Å². The van der Waals surface area contributed by atoms with Gasteiger partial charge in [-0.25, -0.2) is 0 Å². The topological polar surface area (TPSA) is 31.0 Å². The van der Waals surface area contributed by atoms with Crippen molar-refractivity contribution in [3.8, 4) is 0 Å². The summed E-state index contributed by atoms with van der Waals surface area (Å²) in [6.45, 7) is 32.9. The molecule has 1 saturated heterocycles. The number of rotatable bonds is 5. The molecule has 1 aliphatic heterocycles. The predicted octanol–water partition coefficient (Wildman–Crippen LogP) is 9.73. The molecule has 4 rings (SSSR count). The third-order valence-corrected chi connectivity index (χ3v) is 20.9. The summed E-state index contributed by atoms with van der Waals surface area (Å²) in [5.41, 5.74) is 4.59. The molecule has 1 spiro atoms. The molecule has 3 unspecified atom stereocenters. The first-order valence-corrected chi connectivity index (χ1v) is 21.2. The van der Waals surface area contributed by atoms with Gasteiger partial charge in [0.1, 0.15) is 5.60 Å². The first kappa shape index (κ1) is 30.5. The minimum absolute atomic E-state index is 0.0381. The zero-order chi connectivity index (χ0) is 28.5. The second-order valence-corrected chi connectivity index (χ2v) is 25.8. The van der Waals surface area contributed by atoms with Gasteiger partial charge in [-0.15, -0.1) is 0 Å². The number of hydrogen-bond acceptors (Lipinski definition) is 3. The highest BCUT2D eigenvalue weighted by Crippen LogP contribution is 2.68. The lowest BCUT2D eigenvalue weighted by molar-refractivity contribution is 0.0942. The van der Waals surface area contributed by atoms with Crippen LogP contribution in [0, 0.1) is 11.3 Å². The third-order valence-electron chi connectivity index (χ3n) is 11.9. The van der Waals surface area contributed by atoms with Gasteiger partial charge >= 0.3 is 0 Å². The Morgan fingerprint density at radius 1 is 0.947 bits per heavy atom. The quantitative estimate of drug-likeness (QED) is 0.248. The average Bonchev–Trinajstić information content (AvgIpc) is 3.33. The lowest BCUT2D eigenvalue weighted by Gasteiger charge is -2.45. The first-order valence-electron chi connectivity index (χ1n) is 15.4. The zero-order valence-corrected chi connectivity index (χ0v) is 28.8. The van der Waals surface area contributed by atoms with Crippen LogP contribution in [0.15, 0.2) is 35.5 Å². The van der Waals surface area contributed by atoms with Gasteiger partial charge in [0.05, 0.1) is 18.3 Å². The van der Waals surface area contributed by atoms with E-state index < -0.39 is 16.6 Å². The molecule has 0 N–H and O–H groups in total. The smallest absolute Gasteiger partial charge is 0.192 e. The molecule has 0 amide bonds. The van der Waals surface area contributed by atoms with Crippen molar-refractivity contribution in [1.29, 1.82) is 0 Å². The van der Waals surface area contributed by atoms with Gasteiger partial charge in [-0.2, -0.15) is 0 Å². The Bertz CT molecular complexity index is 995. The van der Waals surface area contributed by atoms with Gasteiger partial charge in [-0.05, 0) is 98.8 Å². The number of epoxide rings is 1. The number of fused-ring (bicyclic) bond motifs is 2. The molecule has 0 bridgehead atoms. The summed E-state index contributed by atoms with van der Waals surface area (Å²) in [6.07, 6.45) is 13.7. The Kier molecular flexibility index (Phi) is 7.88.